The Balaban J connectivity index is 0.00000220. The first-order valence-electron chi connectivity index (χ1n) is 7.59. The van der Waals surface area contributed by atoms with Crippen LogP contribution in [0.5, 0.6) is 0 Å². The van der Waals surface area contributed by atoms with Gasteiger partial charge in [0.05, 0.1) is 6.54 Å². The van der Waals surface area contributed by atoms with Gasteiger partial charge in [-0.3, -0.25) is 9.59 Å². The van der Waals surface area contributed by atoms with Crippen LogP contribution in [0.1, 0.15) is 19.3 Å². The molecule has 8 heteroatoms. The molecule has 0 aromatic carbocycles. The van der Waals surface area contributed by atoms with Gasteiger partial charge in [-0.2, -0.15) is 0 Å². The average molecular weight is 355 g/mol. The van der Waals surface area contributed by atoms with E-state index in [1.807, 2.05) is 4.90 Å². The molecule has 1 saturated heterocycles. The maximum Gasteiger partial charge on any atom is 0.233 e. The Morgan fingerprint density at radius 1 is 1.09 bits per heavy atom. The van der Waals surface area contributed by atoms with Gasteiger partial charge in [-0.15, -0.1) is 24.8 Å². The number of halogens is 2. The molecule has 1 aliphatic heterocycles. The van der Waals surface area contributed by atoms with Crippen molar-refractivity contribution >= 4 is 36.6 Å². The molecule has 0 spiro atoms. The fraction of sp³-hybridized carbons (Fsp3) is 0.857. The largest absolute Gasteiger partial charge is 0.354 e. The van der Waals surface area contributed by atoms with E-state index < -0.39 is 0 Å². The number of hydrogen-bond donors (Lipinski definition) is 2. The minimum absolute atomic E-state index is 0. The number of carbonyl (C=O) groups excluding carboxylic acids is 2. The minimum Gasteiger partial charge on any atom is -0.354 e. The quantitative estimate of drug-likeness (QED) is 0.681. The van der Waals surface area contributed by atoms with Crippen LogP contribution >= 0.6 is 24.8 Å². The molecule has 0 atom stereocenters. The molecule has 0 aromatic rings. The number of nitrogens with zero attached hydrogens (tertiary/aromatic N) is 2. The van der Waals surface area contributed by atoms with Gasteiger partial charge in [-0.1, -0.05) is 0 Å². The predicted octanol–water partition coefficient (Wildman–Crippen LogP) is 0.110. The van der Waals surface area contributed by atoms with E-state index in [9.17, 15) is 9.59 Å². The number of amides is 2. The summed E-state index contributed by atoms with van der Waals surface area (Å²) in [7, 11) is 2.07. The van der Waals surface area contributed by atoms with E-state index in [0.717, 1.165) is 38.6 Å². The van der Waals surface area contributed by atoms with Crippen LogP contribution in [0.15, 0.2) is 0 Å². The van der Waals surface area contributed by atoms with Gasteiger partial charge in [0.15, 0.2) is 0 Å². The van der Waals surface area contributed by atoms with Crippen molar-refractivity contribution in [1.82, 2.24) is 20.4 Å². The lowest BCUT2D eigenvalue weighted by atomic mass is 10.3. The van der Waals surface area contributed by atoms with Crippen LogP contribution in [-0.2, 0) is 9.59 Å². The zero-order valence-corrected chi connectivity index (χ0v) is 14.8. The molecule has 2 N–H and O–H groups in total. The second-order valence-electron chi connectivity index (χ2n) is 5.86. The summed E-state index contributed by atoms with van der Waals surface area (Å²) in [4.78, 5) is 27.6. The Bertz CT molecular complexity index is 346. The molecule has 0 radical (unpaired) electrons. The van der Waals surface area contributed by atoms with E-state index in [2.05, 4.69) is 22.6 Å². The highest BCUT2D eigenvalue weighted by molar-refractivity contribution is 5.85. The molecule has 1 aliphatic carbocycles. The van der Waals surface area contributed by atoms with Crippen LogP contribution in [0.25, 0.3) is 0 Å². The summed E-state index contributed by atoms with van der Waals surface area (Å²) in [5.41, 5.74) is 0. The molecule has 0 bridgehead atoms. The molecule has 2 fully saturated rings. The van der Waals surface area contributed by atoms with Crippen LogP contribution in [0, 0.1) is 5.92 Å². The van der Waals surface area contributed by atoms with E-state index in [0.29, 0.717) is 19.5 Å². The van der Waals surface area contributed by atoms with Gasteiger partial charge in [0.1, 0.15) is 0 Å². The van der Waals surface area contributed by atoms with Gasteiger partial charge >= 0.3 is 0 Å². The van der Waals surface area contributed by atoms with Crippen LogP contribution in [0.2, 0.25) is 0 Å². The molecule has 2 rings (SSSR count). The van der Waals surface area contributed by atoms with Crippen molar-refractivity contribution in [2.45, 2.75) is 19.3 Å². The zero-order valence-electron chi connectivity index (χ0n) is 13.2. The highest BCUT2D eigenvalue weighted by Crippen LogP contribution is 2.27. The third kappa shape index (κ3) is 8.17. The molecule has 1 saturated carbocycles. The fourth-order valence-corrected chi connectivity index (χ4v) is 2.30. The molecular weight excluding hydrogens is 327 g/mol. The lowest BCUT2D eigenvalue weighted by molar-refractivity contribution is -0.132. The molecular formula is C14H28Cl2N4O2. The molecule has 0 aromatic heterocycles. The number of piperazine rings is 1. The standard InChI is InChI=1S/C14H26N4O2.2ClH/c1-17-6-8-18(9-7-17)14(20)4-5-16-13(19)11-15-10-12-2-3-12;;/h12,15H,2-11H2,1H3,(H,16,19);2*1H. The molecule has 22 heavy (non-hydrogen) atoms. The van der Waals surface area contributed by atoms with Crippen molar-refractivity contribution in [3.05, 3.63) is 0 Å². The molecule has 2 aliphatic rings. The van der Waals surface area contributed by atoms with Crippen molar-refractivity contribution in [3.63, 3.8) is 0 Å². The van der Waals surface area contributed by atoms with E-state index in [1.165, 1.54) is 12.8 Å². The number of carbonyl (C=O) groups is 2. The molecule has 130 valence electrons. The highest BCUT2D eigenvalue weighted by Gasteiger charge is 2.21. The van der Waals surface area contributed by atoms with Crippen LogP contribution < -0.4 is 10.6 Å². The van der Waals surface area contributed by atoms with Crippen molar-refractivity contribution in [2.75, 3.05) is 52.9 Å². The summed E-state index contributed by atoms with van der Waals surface area (Å²) in [5, 5.41) is 5.94. The second-order valence-corrected chi connectivity index (χ2v) is 5.86. The van der Waals surface area contributed by atoms with Gasteiger partial charge in [-0.25, -0.2) is 0 Å². The summed E-state index contributed by atoms with van der Waals surface area (Å²) in [6.07, 6.45) is 2.97. The second kappa shape index (κ2) is 11.0. The van der Waals surface area contributed by atoms with Crippen molar-refractivity contribution in [1.29, 1.82) is 0 Å². The van der Waals surface area contributed by atoms with E-state index in [4.69, 9.17) is 0 Å². The first-order chi connectivity index (χ1) is 9.65. The fourth-order valence-electron chi connectivity index (χ4n) is 2.30. The maximum atomic E-state index is 11.9. The van der Waals surface area contributed by atoms with Crippen molar-refractivity contribution in [3.8, 4) is 0 Å². The summed E-state index contributed by atoms with van der Waals surface area (Å²) in [6, 6.07) is 0. The van der Waals surface area contributed by atoms with Crippen molar-refractivity contribution < 1.29 is 9.59 Å². The first-order valence-corrected chi connectivity index (χ1v) is 7.59. The Hall–Kier alpha value is -0.560. The lowest BCUT2D eigenvalue weighted by Gasteiger charge is -2.32. The molecule has 2 amide bonds. The summed E-state index contributed by atoms with van der Waals surface area (Å²) < 4.78 is 0. The predicted molar refractivity (Wildman–Crippen MR) is 91.8 cm³/mol. The average Bonchev–Trinajstić information content (AvgIpc) is 3.23. The highest BCUT2D eigenvalue weighted by atomic mass is 35.5. The summed E-state index contributed by atoms with van der Waals surface area (Å²) in [5.74, 6) is 0.905. The van der Waals surface area contributed by atoms with Gasteiger partial charge in [0.2, 0.25) is 11.8 Å². The van der Waals surface area contributed by atoms with E-state index in [1.54, 1.807) is 0 Å². The van der Waals surface area contributed by atoms with Crippen LogP contribution in [0.3, 0.4) is 0 Å². The van der Waals surface area contributed by atoms with Gasteiger partial charge in [-0.05, 0) is 32.4 Å². The Labute approximate surface area is 145 Å². The van der Waals surface area contributed by atoms with E-state index >= 15 is 0 Å². The zero-order chi connectivity index (χ0) is 14.4. The van der Waals surface area contributed by atoms with Gasteiger partial charge in [0, 0.05) is 39.1 Å². The normalized spacial score (nSPS) is 18.1. The van der Waals surface area contributed by atoms with Crippen LogP contribution in [-0.4, -0.2) is 74.5 Å². The van der Waals surface area contributed by atoms with Crippen LogP contribution in [0.4, 0.5) is 0 Å². The Kier molecular flexibility index (Phi) is 10.8. The monoisotopic (exact) mass is 354 g/mol. The molecule has 0 unspecified atom stereocenters. The SMILES string of the molecule is CN1CCN(C(=O)CCNC(=O)CNCC2CC2)CC1.Cl.Cl. The topological polar surface area (TPSA) is 64.7 Å². The Morgan fingerprint density at radius 3 is 2.32 bits per heavy atom. The third-order valence-electron chi connectivity index (χ3n) is 3.93. The van der Waals surface area contributed by atoms with Gasteiger partial charge in [0.25, 0.3) is 0 Å². The van der Waals surface area contributed by atoms with Crippen molar-refractivity contribution in [2.24, 2.45) is 5.92 Å². The minimum atomic E-state index is -0.0168. The lowest BCUT2D eigenvalue weighted by Crippen LogP contribution is -2.47. The van der Waals surface area contributed by atoms with E-state index in [-0.39, 0.29) is 36.6 Å². The molecule has 6 nitrogen and oxygen atoms in total. The molecule has 1 heterocycles. The van der Waals surface area contributed by atoms with Gasteiger partial charge < -0.3 is 20.4 Å². The number of rotatable bonds is 7. The number of hydrogen-bond acceptors (Lipinski definition) is 4. The summed E-state index contributed by atoms with van der Waals surface area (Å²) >= 11 is 0. The summed E-state index contributed by atoms with van der Waals surface area (Å²) in [6.45, 7) is 5.20. The number of likely N-dealkylation sites (N-methyl/N-ethyl adjacent to an activating group) is 1. The Morgan fingerprint density at radius 2 is 1.73 bits per heavy atom. The first kappa shape index (κ1) is 21.4. The number of nitrogens with one attached hydrogen (secondary N) is 2. The third-order valence-corrected chi connectivity index (χ3v) is 3.93. The smallest absolute Gasteiger partial charge is 0.233 e. The maximum absolute atomic E-state index is 11.9.